The highest BCUT2D eigenvalue weighted by atomic mass is 19.4. The van der Waals surface area contributed by atoms with Crippen molar-refractivity contribution in [3.8, 4) is 5.75 Å². The molecular formula is C24H30F3N5O2. The average molecular weight is 478 g/mol. The smallest absolute Gasteiger partial charge is 0.433 e. The number of pyridine rings is 1. The van der Waals surface area contributed by atoms with Gasteiger partial charge in [-0.25, -0.2) is 4.79 Å². The number of alkyl halides is 3. The molecule has 0 saturated carbocycles. The van der Waals surface area contributed by atoms with Crippen LogP contribution in [0.3, 0.4) is 0 Å². The molecule has 0 unspecified atom stereocenters. The fraction of sp³-hybridized carbons (Fsp3) is 0.500. The molecule has 2 aliphatic heterocycles. The van der Waals surface area contributed by atoms with Crippen molar-refractivity contribution >= 4 is 11.7 Å². The zero-order valence-corrected chi connectivity index (χ0v) is 19.2. The predicted octanol–water partition coefficient (Wildman–Crippen LogP) is 3.92. The van der Waals surface area contributed by atoms with Crippen molar-refractivity contribution in [3.05, 3.63) is 53.9 Å². The van der Waals surface area contributed by atoms with E-state index in [0.717, 1.165) is 50.7 Å². The lowest BCUT2D eigenvalue weighted by atomic mass is 10.0. The Bertz CT molecular complexity index is 954. The summed E-state index contributed by atoms with van der Waals surface area (Å²) >= 11 is 0. The highest BCUT2D eigenvalue weighted by molar-refractivity contribution is 5.91. The molecule has 2 aromatic rings. The molecule has 0 spiro atoms. The second-order valence-corrected chi connectivity index (χ2v) is 8.71. The second-order valence-electron chi connectivity index (χ2n) is 8.71. The first-order valence-corrected chi connectivity index (χ1v) is 11.5. The summed E-state index contributed by atoms with van der Waals surface area (Å²) in [6.45, 7) is 5.37. The van der Waals surface area contributed by atoms with Gasteiger partial charge >= 0.3 is 12.2 Å². The fourth-order valence-corrected chi connectivity index (χ4v) is 4.62. The number of ether oxygens (including phenoxy) is 1. The van der Waals surface area contributed by atoms with Gasteiger partial charge in [0.25, 0.3) is 0 Å². The molecule has 34 heavy (non-hydrogen) atoms. The van der Waals surface area contributed by atoms with E-state index in [2.05, 4.69) is 20.1 Å². The van der Waals surface area contributed by atoms with Gasteiger partial charge in [0, 0.05) is 45.0 Å². The Morgan fingerprint density at radius 3 is 2.38 bits per heavy atom. The lowest BCUT2D eigenvalue weighted by Gasteiger charge is -2.42. The molecule has 0 radical (unpaired) electrons. The molecule has 4 rings (SSSR count). The number of halogens is 3. The topological polar surface area (TPSA) is 60.9 Å². The van der Waals surface area contributed by atoms with Gasteiger partial charge in [0.2, 0.25) is 0 Å². The Balaban J connectivity index is 1.20. The van der Waals surface area contributed by atoms with Crippen LogP contribution < -0.4 is 10.1 Å². The molecule has 2 amide bonds. The summed E-state index contributed by atoms with van der Waals surface area (Å²) in [4.78, 5) is 22.8. The van der Waals surface area contributed by atoms with Gasteiger partial charge in [0.05, 0.1) is 12.8 Å². The van der Waals surface area contributed by atoms with Gasteiger partial charge in [-0.05, 0) is 49.7 Å². The van der Waals surface area contributed by atoms with Crippen LogP contribution >= 0.6 is 0 Å². The van der Waals surface area contributed by atoms with Gasteiger partial charge in [-0.3, -0.25) is 14.8 Å². The molecular weight excluding hydrogens is 447 g/mol. The number of hydrogen-bond acceptors (Lipinski definition) is 5. The van der Waals surface area contributed by atoms with Crippen molar-refractivity contribution in [1.29, 1.82) is 0 Å². The van der Waals surface area contributed by atoms with Gasteiger partial charge in [-0.15, -0.1) is 0 Å². The van der Waals surface area contributed by atoms with E-state index in [1.165, 1.54) is 12.3 Å². The van der Waals surface area contributed by atoms with Crippen molar-refractivity contribution in [2.24, 2.45) is 0 Å². The van der Waals surface area contributed by atoms with Gasteiger partial charge in [-0.2, -0.15) is 13.2 Å². The van der Waals surface area contributed by atoms with E-state index < -0.39 is 11.9 Å². The molecule has 1 aromatic heterocycles. The number of benzene rings is 1. The number of urea groups is 1. The first-order chi connectivity index (χ1) is 16.3. The molecule has 7 nitrogen and oxygen atoms in total. The zero-order valence-electron chi connectivity index (χ0n) is 19.2. The molecule has 10 heteroatoms. The van der Waals surface area contributed by atoms with Gasteiger partial charge in [-0.1, -0.05) is 18.2 Å². The number of hydrogen-bond donors (Lipinski definition) is 1. The normalized spacial score (nSPS) is 18.6. The monoisotopic (exact) mass is 477 g/mol. The van der Waals surface area contributed by atoms with Crippen LogP contribution in [0.5, 0.6) is 5.75 Å². The summed E-state index contributed by atoms with van der Waals surface area (Å²) in [5, 5.41) is 2.94. The number of piperazine rings is 1. The van der Waals surface area contributed by atoms with Crippen LogP contribution in [0.25, 0.3) is 0 Å². The molecule has 1 aromatic carbocycles. The highest BCUT2D eigenvalue weighted by Crippen LogP contribution is 2.28. The maximum atomic E-state index is 12.7. The lowest BCUT2D eigenvalue weighted by Crippen LogP contribution is -2.54. The van der Waals surface area contributed by atoms with Crippen LogP contribution in [0.1, 0.15) is 24.1 Å². The Kier molecular flexibility index (Phi) is 7.57. The Labute approximate surface area is 197 Å². The average Bonchev–Trinajstić information content (AvgIpc) is 2.85. The van der Waals surface area contributed by atoms with Crippen LogP contribution in [0, 0.1) is 0 Å². The summed E-state index contributed by atoms with van der Waals surface area (Å²) in [7, 11) is 1.58. The number of anilines is 1. The van der Waals surface area contributed by atoms with Crippen LogP contribution in [0.2, 0.25) is 0 Å². The lowest BCUT2D eigenvalue weighted by molar-refractivity contribution is -0.141. The van der Waals surface area contributed by atoms with Gasteiger partial charge in [0.1, 0.15) is 11.4 Å². The number of aromatic nitrogens is 1. The minimum absolute atomic E-state index is 0.121. The second kappa shape index (κ2) is 10.6. The van der Waals surface area contributed by atoms with Gasteiger partial charge < -0.3 is 15.0 Å². The first kappa shape index (κ1) is 24.3. The highest BCUT2D eigenvalue weighted by Gasteiger charge is 2.32. The van der Waals surface area contributed by atoms with E-state index in [1.54, 1.807) is 7.11 Å². The number of methoxy groups -OCH3 is 1. The third-order valence-corrected chi connectivity index (χ3v) is 6.54. The van der Waals surface area contributed by atoms with Crippen molar-refractivity contribution in [2.75, 3.05) is 51.7 Å². The maximum Gasteiger partial charge on any atom is 0.433 e. The summed E-state index contributed by atoms with van der Waals surface area (Å²) in [6, 6.07) is 10.2. The molecule has 2 saturated heterocycles. The molecule has 0 bridgehead atoms. The van der Waals surface area contributed by atoms with E-state index in [9.17, 15) is 18.0 Å². The predicted molar refractivity (Wildman–Crippen MR) is 123 cm³/mol. The molecule has 184 valence electrons. The number of nitrogens with zero attached hydrogens (tertiary/aromatic N) is 4. The Hall–Kier alpha value is -2.85. The number of amides is 2. The van der Waals surface area contributed by atoms with Crippen molar-refractivity contribution < 1.29 is 22.7 Å². The van der Waals surface area contributed by atoms with E-state index in [0.29, 0.717) is 37.1 Å². The largest absolute Gasteiger partial charge is 0.495 e. The minimum atomic E-state index is -4.41. The molecule has 3 heterocycles. The number of para-hydroxylation sites is 2. The molecule has 2 aliphatic rings. The number of rotatable bonds is 5. The fourth-order valence-electron chi connectivity index (χ4n) is 4.62. The van der Waals surface area contributed by atoms with Crippen LogP contribution in [0.4, 0.5) is 23.7 Å². The van der Waals surface area contributed by atoms with Crippen molar-refractivity contribution in [3.63, 3.8) is 0 Å². The van der Waals surface area contributed by atoms with E-state index in [4.69, 9.17) is 4.74 Å². The van der Waals surface area contributed by atoms with E-state index in [1.807, 2.05) is 29.2 Å². The quantitative estimate of drug-likeness (QED) is 0.708. The number of nitrogens with one attached hydrogen (secondary N) is 1. The summed E-state index contributed by atoms with van der Waals surface area (Å²) in [6.07, 6.45) is -1.08. The number of carbonyl (C=O) groups excluding carboxylic acids is 1. The number of piperidine rings is 1. The molecule has 0 atom stereocenters. The standard InChI is InChI=1S/C24H30F3N5O2/c1-34-21-5-3-2-4-20(21)29-23(33)32-14-12-31(13-15-32)19-8-10-30(11-9-19)17-18-6-7-22(28-16-18)24(25,26)27/h2-7,16,19H,8-15,17H2,1H3,(H,29,33). The van der Waals surface area contributed by atoms with E-state index >= 15 is 0 Å². The third-order valence-electron chi connectivity index (χ3n) is 6.54. The third kappa shape index (κ3) is 5.98. The zero-order chi connectivity index (χ0) is 24.1. The number of likely N-dealkylation sites (tertiary alicyclic amines) is 1. The molecule has 1 N–H and O–H groups in total. The Morgan fingerprint density at radius 2 is 1.76 bits per heavy atom. The van der Waals surface area contributed by atoms with Crippen molar-refractivity contribution in [1.82, 2.24) is 19.7 Å². The molecule has 2 fully saturated rings. The van der Waals surface area contributed by atoms with E-state index in [-0.39, 0.29) is 6.03 Å². The number of carbonyl (C=O) groups is 1. The first-order valence-electron chi connectivity index (χ1n) is 11.5. The van der Waals surface area contributed by atoms with Crippen LogP contribution in [0.15, 0.2) is 42.6 Å². The minimum Gasteiger partial charge on any atom is -0.495 e. The Morgan fingerprint density at radius 1 is 1.06 bits per heavy atom. The van der Waals surface area contributed by atoms with Crippen molar-refractivity contribution in [2.45, 2.75) is 31.6 Å². The molecule has 0 aliphatic carbocycles. The summed E-state index contributed by atoms with van der Waals surface area (Å²) in [5.74, 6) is 0.633. The van der Waals surface area contributed by atoms with Crippen LogP contribution in [-0.2, 0) is 12.7 Å². The maximum absolute atomic E-state index is 12.7. The SMILES string of the molecule is COc1ccccc1NC(=O)N1CCN(C2CCN(Cc3ccc(C(F)(F)F)nc3)CC2)CC1. The summed E-state index contributed by atoms with van der Waals surface area (Å²) in [5.41, 5.74) is 0.597. The van der Waals surface area contributed by atoms with Crippen LogP contribution in [-0.4, -0.2) is 78.1 Å². The summed E-state index contributed by atoms with van der Waals surface area (Å²) < 4.78 is 43.4. The van der Waals surface area contributed by atoms with Gasteiger partial charge in [0.15, 0.2) is 0 Å².